The number of urea groups is 1. The molecule has 114 valence electrons. The summed E-state index contributed by atoms with van der Waals surface area (Å²) in [5.41, 5.74) is 0.331. The van der Waals surface area contributed by atoms with Crippen molar-refractivity contribution in [2.45, 2.75) is 19.8 Å². The molecule has 0 unspecified atom stereocenters. The average molecular weight is 420 g/mol. The molecule has 7 heteroatoms. The van der Waals surface area contributed by atoms with Crippen LogP contribution in [-0.2, 0) is 0 Å². The molecule has 5 nitrogen and oxygen atoms in total. The zero-order valence-corrected chi connectivity index (χ0v) is 14.7. The third-order valence-corrected chi connectivity index (χ3v) is 4.45. The van der Waals surface area contributed by atoms with Gasteiger partial charge in [0.2, 0.25) is 0 Å². The largest absolute Gasteiger partial charge is 0.478 e. The number of hydrogen-bond donors (Lipinski definition) is 2. The molecule has 0 saturated heterocycles. The van der Waals surface area contributed by atoms with E-state index in [4.69, 9.17) is 0 Å². The number of anilines is 1. The Morgan fingerprint density at radius 3 is 2.57 bits per heavy atom. The molecular weight excluding hydrogens is 404 g/mol. The molecule has 0 aliphatic heterocycles. The molecule has 0 spiro atoms. The highest BCUT2D eigenvalue weighted by Crippen LogP contribution is 2.32. The number of hydrogen-bond acceptors (Lipinski definition) is 2. The van der Waals surface area contributed by atoms with Crippen molar-refractivity contribution in [2.24, 2.45) is 5.92 Å². The molecule has 2 amide bonds. The second-order valence-corrected chi connectivity index (χ2v) is 6.80. The van der Waals surface area contributed by atoms with Crippen molar-refractivity contribution >= 4 is 49.5 Å². The summed E-state index contributed by atoms with van der Waals surface area (Å²) in [5.74, 6) is -0.499. The van der Waals surface area contributed by atoms with Crippen LogP contribution in [0.5, 0.6) is 0 Å². The number of halogens is 2. The molecule has 1 saturated carbocycles. The van der Waals surface area contributed by atoms with Gasteiger partial charge in [-0.25, -0.2) is 9.59 Å². The number of nitrogens with one attached hydrogen (secondary N) is 1. The molecule has 0 aromatic heterocycles. The monoisotopic (exact) mass is 418 g/mol. The van der Waals surface area contributed by atoms with Crippen LogP contribution in [0.1, 0.15) is 30.1 Å². The second-order valence-electron chi connectivity index (χ2n) is 5.03. The number of amides is 2. The van der Waals surface area contributed by atoms with E-state index < -0.39 is 5.97 Å². The molecule has 1 fully saturated rings. The first-order chi connectivity index (χ1) is 9.92. The number of aromatic carboxylic acids is 1. The Hall–Kier alpha value is -1.08. The van der Waals surface area contributed by atoms with Crippen LogP contribution in [0.25, 0.3) is 0 Å². The van der Waals surface area contributed by atoms with Crippen LogP contribution in [0, 0.1) is 5.92 Å². The summed E-state index contributed by atoms with van der Waals surface area (Å²) in [6.45, 7) is 3.23. The topological polar surface area (TPSA) is 69.6 Å². The fourth-order valence-electron chi connectivity index (χ4n) is 2.02. The van der Waals surface area contributed by atoms with E-state index in [-0.39, 0.29) is 17.3 Å². The van der Waals surface area contributed by atoms with Crippen LogP contribution in [0.2, 0.25) is 0 Å². The Kier molecular flexibility index (Phi) is 5.27. The molecule has 0 atom stereocenters. The van der Waals surface area contributed by atoms with Gasteiger partial charge in [0.1, 0.15) is 0 Å². The maximum absolute atomic E-state index is 12.3. The maximum Gasteiger partial charge on any atom is 0.337 e. The van der Waals surface area contributed by atoms with Gasteiger partial charge in [-0.2, -0.15) is 0 Å². The van der Waals surface area contributed by atoms with Gasteiger partial charge in [0.15, 0.2) is 0 Å². The molecule has 21 heavy (non-hydrogen) atoms. The van der Waals surface area contributed by atoms with E-state index in [0.29, 0.717) is 21.4 Å². The second kappa shape index (κ2) is 6.79. The lowest BCUT2D eigenvalue weighted by Crippen LogP contribution is -2.36. The summed E-state index contributed by atoms with van der Waals surface area (Å²) >= 11 is 6.55. The summed E-state index contributed by atoms with van der Waals surface area (Å²) in [6.07, 6.45) is 2.32. The van der Waals surface area contributed by atoms with Gasteiger partial charge in [0.05, 0.1) is 11.3 Å². The van der Waals surface area contributed by atoms with Crippen LogP contribution in [0.4, 0.5) is 10.5 Å². The summed E-state index contributed by atoms with van der Waals surface area (Å²) in [5, 5.41) is 12.0. The van der Waals surface area contributed by atoms with E-state index in [2.05, 4.69) is 37.2 Å². The van der Waals surface area contributed by atoms with Crippen molar-refractivity contribution in [1.29, 1.82) is 0 Å². The van der Waals surface area contributed by atoms with Crippen LogP contribution < -0.4 is 5.32 Å². The van der Waals surface area contributed by atoms with E-state index in [0.717, 1.165) is 19.4 Å². The fraction of sp³-hybridized carbons (Fsp3) is 0.429. The molecule has 0 bridgehead atoms. The van der Waals surface area contributed by atoms with Crippen molar-refractivity contribution in [1.82, 2.24) is 4.90 Å². The van der Waals surface area contributed by atoms with Gasteiger partial charge < -0.3 is 15.3 Å². The average Bonchev–Trinajstić information content (AvgIpc) is 3.22. The molecule has 1 aliphatic carbocycles. The zero-order chi connectivity index (χ0) is 15.6. The van der Waals surface area contributed by atoms with E-state index in [1.54, 1.807) is 11.0 Å². The number of carbonyl (C=O) groups is 2. The summed E-state index contributed by atoms with van der Waals surface area (Å²) in [7, 11) is 0. The molecular formula is C14H16Br2N2O3. The van der Waals surface area contributed by atoms with Crippen LogP contribution in [-0.4, -0.2) is 35.1 Å². The minimum Gasteiger partial charge on any atom is -0.478 e. The van der Waals surface area contributed by atoms with Crippen LogP contribution in [0.15, 0.2) is 21.1 Å². The number of carboxylic acids is 1. The maximum atomic E-state index is 12.3. The molecule has 1 aliphatic rings. The number of rotatable bonds is 5. The predicted octanol–water partition coefficient (Wildman–Crippen LogP) is 4.17. The lowest BCUT2D eigenvalue weighted by Gasteiger charge is -2.22. The van der Waals surface area contributed by atoms with Crippen molar-refractivity contribution in [3.8, 4) is 0 Å². The number of nitrogens with zero attached hydrogens (tertiary/aromatic N) is 1. The molecule has 0 heterocycles. The quantitative estimate of drug-likeness (QED) is 0.752. The highest BCUT2D eigenvalue weighted by atomic mass is 79.9. The van der Waals surface area contributed by atoms with Gasteiger partial charge in [0.25, 0.3) is 0 Å². The first-order valence-corrected chi connectivity index (χ1v) is 8.29. The predicted molar refractivity (Wildman–Crippen MR) is 87.8 cm³/mol. The SMILES string of the molecule is CCN(CC1CC1)C(=O)Nc1c(Br)cc(Br)cc1C(=O)O. The van der Waals surface area contributed by atoms with Gasteiger partial charge >= 0.3 is 12.0 Å². The minimum absolute atomic E-state index is 0.0482. The third kappa shape index (κ3) is 4.20. The molecule has 1 aromatic carbocycles. The Morgan fingerprint density at radius 2 is 2.05 bits per heavy atom. The highest BCUT2D eigenvalue weighted by Gasteiger charge is 2.27. The highest BCUT2D eigenvalue weighted by molar-refractivity contribution is 9.11. The van der Waals surface area contributed by atoms with E-state index >= 15 is 0 Å². The van der Waals surface area contributed by atoms with Gasteiger partial charge in [-0.3, -0.25) is 0 Å². The first kappa shape index (κ1) is 16.3. The van der Waals surface area contributed by atoms with Gasteiger partial charge in [-0.05, 0) is 53.7 Å². The summed E-state index contributed by atoms with van der Waals surface area (Å²) in [6, 6.07) is 2.91. The minimum atomic E-state index is -1.09. The van der Waals surface area contributed by atoms with Crippen LogP contribution >= 0.6 is 31.9 Å². The zero-order valence-electron chi connectivity index (χ0n) is 11.5. The smallest absolute Gasteiger partial charge is 0.337 e. The molecule has 0 radical (unpaired) electrons. The lowest BCUT2D eigenvalue weighted by atomic mass is 10.2. The van der Waals surface area contributed by atoms with E-state index in [1.807, 2.05) is 6.92 Å². The molecule has 1 aromatic rings. The fourth-order valence-corrected chi connectivity index (χ4v) is 3.35. The van der Waals surface area contributed by atoms with Crippen molar-refractivity contribution in [3.05, 3.63) is 26.6 Å². The Labute approximate surface area is 140 Å². The number of benzene rings is 1. The first-order valence-electron chi connectivity index (χ1n) is 6.70. The third-order valence-electron chi connectivity index (χ3n) is 3.36. The lowest BCUT2D eigenvalue weighted by molar-refractivity contribution is 0.0698. The van der Waals surface area contributed by atoms with Gasteiger partial charge in [0, 0.05) is 22.0 Å². The number of carbonyl (C=O) groups excluding carboxylic acids is 1. The van der Waals surface area contributed by atoms with Crippen molar-refractivity contribution in [3.63, 3.8) is 0 Å². The summed E-state index contributed by atoms with van der Waals surface area (Å²) < 4.78 is 1.17. The Bertz CT molecular complexity index is 574. The normalized spacial score (nSPS) is 13.9. The number of carboxylic acid groups (broad SMARTS) is 1. The van der Waals surface area contributed by atoms with E-state index in [1.165, 1.54) is 6.07 Å². The Balaban J connectivity index is 2.21. The van der Waals surface area contributed by atoms with Gasteiger partial charge in [-0.15, -0.1) is 0 Å². The van der Waals surface area contributed by atoms with Crippen LogP contribution in [0.3, 0.4) is 0 Å². The molecule has 2 N–H and O–H groups in total. The summed E-state index contributed by atoms with van der Waals surface area (Å²) in [4.78, 5) is 25.3. The standard InChI is InChI=1S/C14H16Br2N2O3/c1-2-18(7-8-3-4-8)14(21)17-12-10(13(19)20)5-9(15)6-11(12)16/h5-6,8H,2-4,7H2,1H3,(H,17,21)(H,19,20). The Morgan fingerprint density at radius 1 is 1.38 bits per heavy atom. The van der Waals surface area contributed by atoms with Gasteiger partial charge in [-0.1, -0.05) is 15.9 Å². The molecule has 2 rings (SSSR count). The van der Waals surface area contributed by atoms with Crippen molar-refractivity contribution in [2.75, 3.05) is 18.4 Å². The van der Waals surface area contributed by atoms with E-state index in [9.17, 15) is 14.7 Å². The van der Waals surface area contributed by atoms with Crippen molar-refractivity contribution < 1.29 is 14.7 Å².